The maximum atomic E-state index is 6.44. The third-order valence-corrected chi connectivity index (χ3v) is 7.42. The second kappa shape index (κ2) is 7.01. The summed E-state index contributed by atoms with van der Waals surface area (Å²) >= 11 is 0. The van der Waals surface area contributed by atoms with Crippen molar-refractivity contribution in [3.8, 4) is 0 Å². The fourth-order valence-corrected chi connectivity index (χ4v) is 5.00. The molecule has 6 heteroatoms. The molecule has 0 unspecified atom stereocenters. The minimum Gasteiger partial charge on any atom is -0.399 e. The van der Waals surface area contributed by atoms with Gasteiger partial charge in [-0.05, 0) is 68.6 Å². The first-order chi connectivity index (χ1) is 16.3. The highest BCUT2D eigenvalue weighted by Gasteiger charge is 2.52. The molecule has 0 radical (unpaired) electrons. The first-order valence-electron chi connectivity index (χ1n) is 11.5. The highest BCUT2D eigenvalue weighted by atomic mass is 16.7. The number of rotatable bonds is 3. The minimum absolute atomic E-state index is 0.454. The van der Waals surface area contributed by atoms with Crippen LogP contribution in [0, 0.1) is 0 Å². The van der Waals surface area contributed by atoms with Crippen molar-refractivity contribution in [3.63, 3.8) is 0 Å². The number of benzene rings is 2. The molecule has 4 heterocycles. The molecule has 2 aromatic carbocycles. The average Bonchev–Trinajstić information content (AvgIpc) is 3.31. The predicted molar refractivity (Wildman–Crippen MR) is 141 cm³/mol. The van der Waals surface area contributed by atoms with Gasteiger partial charge in [-0.25, -0.2) is 4.98 Å². The van der Waals surface area contributed by atoms with E-state index in [0.717, 1.165) is 55.1 Å². The number of aromatic nitrogens is 3. The average molecular weight is 447 g/mol. The summed E-state index contributed by atoms with van der Waals surface area (Å²) in [4.78, 5) is 9.85. The molecule has 168 valence electrons. The van der Waals surface area contributed by atoms with Gasteiger partial charge in [0.2, 0.25) is 0 Å². The van der Waals surface area contributed by atoms with Gasteiger partial charge in [-0.15, -0.1) is 0 Å². The number of para-hydroxylation sites is 2. The van der Waals surface area contributed by atoms with E-state index in [0.29, 0.717) is 0 Å². The zero-order chi connectivity index (χ0) is 23.8. The lowest BCUT2D eigenvalue weighted by Crippen LogP contribution is -2.41. The van der Waals surface area contributed by atoms with Crippen LogP contribution in [0.1, 0.15) is 38.8 Å². The zero-order valence-electron chi connectivity index (χ0n) is 19.9. The smallest absolute Gasteiger partial charge is 0.399 e. The Morgan fingerprint density at radius 1 is 0.912 bits per heavy atom. The van der Waals surface area contributed by atoms with Gasteiger partial charge in [0.1, 0.15) is 5.65 Å². The second-order valence-corrected chi connectivity index (χ2v) is 9.84. The van der Waals surface area contributed by atoms with E-state index in [1.54, 1.807) is 0 Å². The second-order valence-electron chi connectivity index (χ2n) is 9.84. The molecule has 34 heavy (non-hydrogen) atoms. The van der Waals surface area contributed by atoms with Crippen LogP contribution in [0.15, 0.2) is 61.8 Å². The van der Waals surface area contributed by atoms with Crippen LogP contribution >= 0.6 is 0 Å². The first kappa shape index (κ1) is 21.1. The summed E-state index contributed by atoms with van der Waals surface area (Å²) in [6, 6.07) is 14.4. The van der Waals surface area contributed by atoms with Crippen molar-refractivity contribution in [2.45, 2.75) is 38.9 Å². The Morgan fingerprint density at radius 2 is 1.59 bits per heavy atom. The number of fused-ring (bicyclic) bond motifs is 8. The van der Waals surface area contributed by atoms with Gasteiger partial charge in [0.05, 0.1) is 33.3 Å². The highest BCUT2D eigenvalue weighted by Crippen LogP contribution is 2.39. The quantitative estimate of drug-likeness (QED) is 0.260. The number of nitrogens with zero attached hydrogens (tertiary/aromatic N) is 3. The number of pyridine rings is 2. The monoisotopic (exact) mass is 447 g/mol. The van der Waals surface area contributed by atoms with Gasteiger partial charge < -0.3 is 9.31 Å². The summed E-state index contributed by atoms with van der Waals surface area (Å²) < 4.78 is 15.1. The Balaban J connectivity index is 1.80. The van der Waals surface area contributed by atoms with Gasteiger partial charge >= 0.3 is 7.12 Å². The molecule has 0 amide bonds. The van der Waals surface area contributed by atoms with E-state index in [2.05, 4.69) is 63.5 Å². The lowest BCUT2D eigenvalue weighted by Gasteiger charge is -2.32. The topological polar surface area (TPSA) is 48.7 Å². The van der Waals surface area contributed by atoms with Gasteiger partial charge in [-0.1, -0.05) is 43.5 Å². The predicted octanol–water partition coefficient (Wildman–Crippen LogP) is 5.77. The van der Waals surface area contributed by atoms with Crippen molar-refractivity contribution in [2.24, 2.45) is 0 Å². The largest absolute Gasteiger partial charge is 0.495 e. The van der Waals surface area contributed by atoms with E-state index in [1.807, 2.05) is 42.6 Å². The van der Waals surface area contributed by atoms with Crippen LogP contribution in [0.4, 0.5) is 0 Å². The Bertz CT molecular complexity index is 1650. The molecule has 1 aliphatic rings. The van der Waals surface area contributed by atoms with Gasteiger partial charge in [0.25, 0.3) is 0 Å². The highest BCUT2D eigenvalue weighted by molar-refractivity contribution is 6.63. The molecule has 5 aromatic rings. The molecule has 6 rings (SSSR count). The molecule has 1 saturated heterocycles. The van der Waals surface area contributed by atoms with Crippen molar-refractivity contribution in [3.05, 3.63) is 72.9 Å². The van der Waals surface area contributed by atoms with Crippen molar-refractivity contribution in [1.29, 1.82) is 0 Å². The third-order valence-electron chi connectivity index (χ3n) is 7.42. The summed E-state index contributed by atoms with van der Waals surface area (Å²) in [6.45, 7) is 16.6. The number of hydrogen-bond donors (Lipinski definition) is 0. The van der Waals surface area contributed by atoms with E-state index in [9.17, 15) is 0 Å². The number of hydrogen-bond acceptors (Lipinski definition) is 4. The summed E-state index contributed by atoms with van der Waals surface area (Å²) in [6.07, 6.45) is 5.57. The summed E-state index contributed by atoms with van der Waals surface area (Å²) in [7, 11) is -0.532. The number of imidazole rings is 1. The Labute approximate surface area is 198 Å². The van der Waals surface area contributed by atoms with Gasteiger partial charge in [0, 0.05) is 17.0 Å². The van der Waals surface area contributed by atoms with E-state index in [-0.39, 0.29) is 0 Å². The van der Waals surface area contributed by atoms with E-state index >= 15 is 0 Å². The molecular weight excluding hydrogens is 421 g/mol. The van der Waals surface area contributed by atoms with Crippen molar-refractivity contribution in [1.82, 2.24) is 14.4 Å². The van der Waals surface area contributed by atoms with Crippen molar-refractivity contribution < 1.29 is 9.31 Å². The minimum atomic E-state index is -0.532. The molecular formula is C28H26BN3O2. The lowest BCUT2D eigenvalue weighted by molar-refractivity contribution is 0.00578. The molecule has 0 atom stereocenters. The molecule has 1 aliphatic heterocycles. The molecule has 0 bridgehead atoms. The standard InChI is InChI=1S/C28H26BN3O2/c1-7-17-18(8-2)24-19(16-20(17)29-33-27(3,4)28(5,6)34-29)25-23(14-11-15-30-25)32-22-13-10-9-12-21(22)31-26(24)32/h7-16H,1-2H2,3-6H3. The molecule has 3 aromatic heterocycles. The van der Waals surface area contributed by atoms with Crippen molar-refractivity contribution in [2.75, 3.05) is 0 Å². The van der Waals surface area contributed by atoms with Gasteiger partial charge in [0.15, 0.2) is 0 Å². The van der Waals surface area contributed by atoms with Gasteiger partial charge in [-0.2, -0.15) is 0 Å². The van der Waals surface area contributed by atoms with E-state index < -0.39 is 18.3 Å². The van der Waals surface area contributed by atoms with Crippen LogP contribution in [-0.4, -0.2) is 32.7 Å². The fraction of sp³-hybridized carbons (Fsp3) is 0.214. The maximum Gasteiger partial charge on any atom is 0.495 e. The van der Waals surface area contributed by atoms with E-state index in [1.165, 1.54) is 0 Å². The Morgan fingerprint density at radius 3 is 2.29 bits per heavy atom. The molecule has 0 N–H and O–H groups in total. The molecule has 1 fully saturated rings. The normalized spacial score (nSPS) is 17.2. The van der Waals surface area contributed by atoms with Crippen LogP contribution in [0.25, 0.3) is 50.6 Å². The van der Waals surface area contributed by atoms with Crippen LogP contribution in [0.2, 0.25) is 0 Å². The van der Waals surface area contributed by atoms with Crippen LogP contribution in [0.3, 0.4) is 0 Å². The summed E-state index contributed by atoms with van der Waals surface area (Å²) in [5.41, 5.74) is 6.64. The first-order valence-corrected chi connectivity index (χ1v) is 11.5. The molecule has 0 spiro atoms. The summed E-state index contributed by atoms with van der Waals surface area (Å²) in [5.74, 6) is 0. The Kier molecular flexibility index (Phi) is 4.35. The zero-order valence-corrected chi connectivity index (χ0v) is 19.9. The SMILES string of the molecule is C=Cc1c(B2OC(C)(C)C(C)(C)O2)cc2c3ncccc3n3c4ccccc4nc3c2c1C=C. The fourth-order valence-electron chi connectivity index (χ4n) is 5.00. The van der Waals surface area contributed by atoms with Crippen LogP contribution in [0.5, 0.6) is 0 Å². The Hall–Kier alpha value is -3.48. The molecule has 5 nitrogen and oxygen atoms in total. The van der Waals surface area contributed by atoms with Crippen LogP contribution in [-0.2, 0) is 9.31 Å². The van der Waals surface area contributed by atoms with Crippen LogP contribution < -0.4 is 5.46 Å². The lowest BCUT2D eigenvalue weighted by atomic mass is 9.73. The molecule has 0 aliphatic carbocycles. The molecule has 0 saturated carbocycles. The summed E-state index contributed by atoms with van der Waals surface area (Å²) in [5, 5.41) is 1.98. The van der Waals surface area contributed by atoms with Crippen molar-refractivity contribution >= 4 is 63.2 Å². The van der Waals surface area contributed by atoms with Gasteiger partial charge in [-0.3, -0.25) is 9.38 Å². The van der Waals surface area contributed by atoms with E-state index in [4.69, 9.17) is 19.3 Å². The maximum absolute atomic E-state index is 6.44. The third kappa shape index (κ3) is 2.70.